The minimum absolute atomic E-state index is 0.0680. The minimum atomic E-state index is -0.961. The first kappa shape index (κ1) is 16.9. The van der Waals surface area contributed by atoms with Crippen LogP contribution in [0.15, 0.2) is 46.9 Å². The number of para-hydroxylation sites is 2. The number of aromatic nitrogens is 2. The molecule has 1 amide bonds. The second-order valence-corrected chi connectivity index (χ2v) is 7.27. The highest BCUT2D eigenvalue weighted by Gasteiger charge is 2.46. The van der Waals surface area contributed by atoms with Crippen LogP contribution in [0, 0.1) is 17.6 Å². The number of benzene rings is 2. The van der Waals surface area contributed by atoms with Gasteiger partial charge in [-0.2, -0.15) is 0 Å². The Morgan fingerprint density at radius 3 is 2.86 bits per heavy atom. The van der Waals surface area contributed by atoms with Crippen molar-refractivity contribution in [3.63, 3.8) is 0 Å². The molecule has 142 valence electrons. The molecular weight excluding hydrogens is 364 g/mol. The maximum atomic E-state index is 13.4. The number of amides is 1. The molecule has 0 bridgehead atoms. The van der Waals surface area contributed by atoms with Crippen LogP contribution in [0.3, 0.4) is 0 Å². The van der Waals surface area contributed by atoms with Crippen LogP contribution >= 0.6 is 0 Å². The molecule has 7 heteroatoms. The Morgan fingerprint density at radius 1 is 1.25 bits per heavy atom. The van der Waals surface area contributed by atoms with Crippen molar-refractivity contribution < 1.29 is 18.0 Å². The maximum absolute atomic E-state index is 13.4. The molecule has 1 saturated carbocycles. The predicted octanol–water partition coefficient (Wildman–Crippen LogP) is 4.57. The highest BCUT2D eigenvalue weighted by Crippen LogP contribution is 2.47. The molecular formula is C21H17F2N3O2. The number of furan rings is 1. The third-order valence-corrected chi connectivity index (χ3v) is 5.25. The third-order valence-electron chi connectivity index (χ3n) is 5.25. The summed E-state index contributed by atoms with van der Waals surface area (Å²) in [6, 6.07) is 11.1. The number of aromatic amines is 1. The molecule has 0 aliphatic heterocycles. The van der Waals surface area contributed by atoms with E-state index in [1.54, 1.807) is 13.0 Å². The summed E-state index contributed by atoms with van der Waals surface area (Å²) in [4.78, 5) is 20.4. The summed E-state index contributed by atoms with van der Waals surface area (Å²) in [5, 5.41) is 3.38. The molecule has 1 aliphatic rings. The molecule has 1 aliphatic carbocycles. The van der Waals surface area contributed by atoms with Gasteiger partial charge in [0, 0.05) is 23.3 Å². The molecule has 2 aromatic carbocycles. The lowest BCUT2D eigenvalue weighted by atomic mass is 10.2. The number of carbonyl (C=O) groups excluding carboxylic acids is 1. The van der Waals surface area contributed by atoms with Crippen LogP contribution in [-0.4, -0.2) is 15.9 Å². The molecule has 2 N–H and O–H groups in total. The van der Waals surface area contributed by atoms with Gasteiger partial charge in [-0.3, -0.25) is 4.79 Å². The summed E-state index contributed by atoms with van der Waals surface area (Å²) in [6.07, 6.45) is 0.731. The zero-order chi connectivity index (χ0) is 19.4. The number of rotatable bonds is 4. The zero-order valence-electron chi connectivity index (χ0n) is 15.0. The van der Waals surface area contributed by atoms with Gasteiger partial charge in [0.15, 0.2) is 11.6 Å². The average molecular weight is 381 g/mol. The minimum Gasteiger partial charge on any atom is -0.459 e. The Bertz CT molecular complexity index is 1140. The number of carbonyl (C=O) groups is 1. The first-order valence-corrected chi connectivity index (χ1v) is 9.13. The fourth-order valence-electron chi connectivity index (χ4n) is 3.59. The number of hydrogen-bond acceptors (Lipinski definition) is 3. The van der Waals surface area contributed by atoms with Gasteiger partial charge in [0.05, 0.1) is 17.1 Å². The van der Waals surface area contributed by atoms with E-state index in [4.69, 9.17) is 4.42 Å². The lowest BCUT2D eigenvalue weighted by Gasteiger charge is -2.11. The molecule has 1 fully saturated rings. The number of nitrogens with one attached hydrogen (secondary N) is 2. The summed E-state index contributed by atoms with van der Waals surface area (Å²) in [5.74, 6) is -0.783. The molecule has 4 aromatic rings. The van der Waals surface area contributed by atoms with Gasteiger partial charge >= 0.3 is 0 Å². The van der Waals surface area contributed by atoms with Crippen molar-refractivity contribution in [2.45, 2.75) is 25.3 Å². The monoisotopic (exact) mass is 381 g/mol. The summed E-state index contributed by atoms with van der Waals surface area (Å²) in [5.41, 5.74) is 2.10. The molecule has 28 heavy (non-hydrogen) atoms. The van der Waals surface area contributed by atoms with Crippen LogP contribution in [0.1, 0.15) is 36.9 Å². The molecule has 0 saturated heterocycles. The van der Waals surface area contributed by atoms with E-state index in [2.05, 4.69) is 15.3 Å². The van der Waals surface area contributed by atoms with Crippen LogP contribution in [0.25, 0.3) is 22.0 Å². The number of H-pyrrole nitrogens is 1. The first-order chi connectivity index (χ1) is 13.5. The topological polar surface area (TPSA) is 70.9 Å². The van der Waals surface area contributed by atoms with Crippen molar-refractivity contribution in [2.24, 2.45) is 5.92 Å². The Labute approximate surface area is 158 Å². The van der Waals surface area contributed by atoms with E-state index < -0.39 is 17.7 Å². The Hall–Kier alpha value is -3.22. The summed E-state index contributed by atoms with van der Waals surface area (Å²) < 4.78 is 32.3. The Balaban J connectivity index is 1.29. The second-order valence-electron chi connectivity index (χ2n) is 7.27. The number of imidazole rings is 1. The van der Waals surface area contributed by atoms with E-state index in [1.807, 2.05) is 24.3 Å². The van der Waals surface area contributed by atoms with Gasteiger partial charge < -0.3 is 14.7 Å². The van der Waals surface area contributed by atoms with Crippen LogP contribution < -0.4 is 5.32 Å². The van der Waals surface area contributed by atoms with Crippen molar-refractivity contribution in [3.05, 3.63) is 65.7 Å². The van der Waals surface area contributed by atoms with Crippen molar-refractivity contribution in [1.29, 1.82) is 0 Å². The smallest absolute Gasteiger partial charge is 0.224 e. The van der Waals surface area contributed by atoms with Gasteiger partial charge in [-0.25, -0.2) is 13.8 Å². The number of fused-ring (bicyclic) bond motifs is 2. The molecule has 5 rings (SSSR count). The highest BCUT2D eigenvalue weighted by molar-refractivity contribution is 5.84. The first-order valence-electron chi connectivity index (χ1n) is 9.13. The van der Waals surface area contributed by atoms with Crippen molar-refractivity contribution in [2.75, 3.05) is 0 Å². The SMILES string of the molecule is CC(NC(=O)[C@H]1C[C@@H]1c1nc2ccccc2[nH]1)c1cc2cc(F)c(F)cc2o1. The summed E-state index contributed by atoms with van der Waals surface area (Å²) in [7, 11) is 0. The standard InChI is InChI=1S/C21H17F2N3O2/c1-10(18-7-11-6-14(22)15(23)9-19(11)28-18)24-21(27)13-8-12(13)20-25-16-4-2-3-5-17(16)26-20/h2-7,9-10,12-13H,8H2,1H3,(H,24,27)(H,25,26)/t10?,12-,13-/m0/s1. The van der Waals surface area contributed by atoms with Gasteiger partial charge in [0.2, 0.25) is 5.91 Å². The fraction of sp³-hybridized carbons (Fsp3) is 0.238. The largest absolute Gasteiger partial charge is 0.459 e. The lowest BCUT2D eigenvalue weighted by Crippen LogP contribution is -2.28. The van der Waals surface area contributed by atoms with E-state index >= 15 is 0 Å². The third kappa shape index (κ3) is 2.83. The Kier molecular flexibility index (Phi) is 3.72. The van der Waals surface area contributed by atoms with Crippen LogP contribution in [0.2, 0.25) is 0 Å². The van der Waals surface area contributed by atoms with Gasteiger partial charge in [-0.05, 0) is 37.6 Å². The predicted molar refractivity (Wildman–Crippen MR) is 99.6 cm³/mol. The van der Waals surface area contributed by atoms with Crippen LogP contribution in [0.5, 0.6) is 0 Å². The highest BCUT2D eigenvalue weighted by atomic mass is 19.2. The quantitative estimate of drug-likeness (QED) is 0.544. The lowest BCUT2D eigenvalue weighted by molar-refractivity contribution is -0.123. The van der Waals surface area contributed by atoms with Crippen LogP contribution in [0.4, 0.5) is 8.78 Å². The molecule has 2 heterocycles. The van der Waals surface area contributed by atoms with Crippen molar-refractivity contribution in [1.82, 2.24) is 15.3 Å². The molecule has 3 atom stereocenters. The van der Waals surface area contributed by atoms with E-state index in [0.717, 1.165) is 35.4 Å². The average Bonchev–Trinajstić information content (AvgIpc) is 3.19. The second kappa shape index (κ2) is 6.15. The van der Waals surface area contributed by atoms with E-state index in [0.29, 0.717) is 11.1 Å². The van der Waals surface area contributed by atoms with Crippen LogP contribution in [-0.2, 0) is 4.79 Å². The van der Waals surface area contributed by atoms with Gasteiger partial charge in [-0.15, -0.1) is 0 Å². The van der Waals surface area contributed by atoms with E-state index in [-0.39, 0.29) is 23.3 Å². The zero-order valence-corrected chi connectivity index (χ0v) is 15.0. The normalized spacial score (nSPS) is 19.8. The van der Waals surface area contributed by atoms with Gasteiger partial charge in [0.1, 0.15) is 17.2 Å². The molecule has 0 spiro atoms. The van der Waals surface area contributed by atoms with Crippen molar-refractivity contribution in [3.8, 4) is 0 Å². The number of halogens is 2. The maximum Gasteiger partial charge on any atom is 0.224 e. The summed E-state index contributed by atoms with van der Waals surface area (Å²) >= 11 is 0. The molecule has 1 unspecified atom stereocenters. The van der Waals surface area contributed by atoms with E-state index in [1.165, 1.54) is 0 Å². The fourth-order valence-corrected chi connectivity index (χ4v) is 3.59. The van der Waals surface area contributed by atoms with Gasteiger partial charge in [0.25, 0.3) is 0 Å². The van der Waals surface area contributed by atoms with Gasteiger partial charge in [-0.1, -0.05) is 12.1 Å². The Morgan fingerprint density at radius 2 is 2.04 bits per heavy atom. The van der Waals surface area contributed by atoms with Crippen molar-refractivity contribution >= 4 is 27.9 Å². The molecule has 2 aromatic heterocycles. The molecule has 5 nitrogen and oxygen atoms in total. The van der Waals surface area contributed by atoms with E-state index in [9.17, 15) is 13.6 Å². The molecule has 0 radical (unpaired) electrons. The number of hydrogen-bond donors (Lipinski definition) is 2. The summed E-state index contributed by atoms with van der Waals surface area (Å²) in [6.45, 7) is 1.78. The number of nitrogens with zero attached hydrogens (tertiary/aromatic N) is 1.